The average molecular weight is 227 g/mol. The molecule has 0 aromatic carbocycles. The van der Waals surface area contributed by atoms with Crippen LogP contribution in [0.15, 0.2) is 5.38 Å². The summed E-state index contributed by atoms with van der Waals surface area (Å²) in [6.45, 7) is 4.91. The molecule has 0 spiro atoms. The van der Waals surface area contributed by atoms with Gasteiger partial charge in [0, 0.05) is 24.3 Å². The van der Waals surface area contributed by atoms with Gasteiger partial charge in [-0.1, -0.05) is 13.8 Å². The Morgan fingerprint density at radius 2 is 2.40 bits per heavy atom. The van der Waals surface area contributed by atoms with Gasteiger partial charge >= 0.3 is 0 Å². The van der Waals surface area contributed by atoms with Crippen molar-refractivity contribution in [2.75, 3.05) is 13.1 Å². The number of carbonyl (C=O) groups excluding carboxylic acids is 1. The van der Waals surface area contributed by atoms with Gasteiger partial charge in [0.1, 0.15) is 0 Å². The lowest BCUT2D eigenvalue weighted by molar-refractivity contribution is -0.119. The Bertz CT molecular complexity index is 322. The molecular formula is C10H17N3OS. The molecule has 0 aliphatic heterocycles. The van der Waals surface area contributed by atoms with Crippen LogP contribution >= 0.6 is 11.3 Å². The third kappa shape index (κ3) is 3.97. The summed E-state index contributed by atoms with van der Waals surface area (Å²) in [6.07, 6.45) is 0.773. The van der Waals surface area contributed by atoms with Gasteiger partial charge in [0.15, 0.2) is 0 Å². The third-order valence-electron chi connectivity index (χ3n) is 1.95. The fourth-order valence-electron chi connectivity index (χ4n) is 1.10. The van der Waals surface area contributed by atoms with E-state index in [1.165, 1.54) is 0 Å². The predicted octanol–water partition coefficient (Wildman–Crippen LogP) is 0.884. The molecule has 1 aromatic rings. The van der Waals surface area contributed by atoms with Crippen LogP contribution in [0, 0.1) is 0 Å². The highest BCUT2D eigenvalue weighted by Crippen LogP contribution is 2.19. The van der Waals surface area contributed by atoms with Crippen molar-refractivity contribution in [2.45, 2.75) is 26.2 Å². The molecule has 0 aliphatic carbocycles. The lowest BCUT2D eigenvalue weighted by Gasteiger charge is -2.01. The molecule has 1 aromatic heterocycles. The summed E-state index contributed by atoms with van der Waals surface area (Å²) in [5.74, 6) is 0.358. The number of thiazole rings is 1. The van der Waals surface area contributed by atoms with Crippen molar-refractivity contribution in [3.05, 3.63) is 16.1 Å². The maximum atomic E-state index is 10.9. The molecular weight excluding hydrogens is 210 g/mol. The minimum atomic E-state index is -0.116. The number of nitrogens with zero attached hydrogens (tertiary/aromatic N) is 1. The van der Waals surface area contributed by atoms with Crippen LogP contribution in [-0.4, -0.2) is 24.0 Å². The predicted molar refractivity (Wildman–Crippen MR) is 62.0 cm³/mol. The molecule has 1 heterocycles. The summed E-state index contributed by atoms with van der Waals surface area (Å²) in [5.41, 5.74) is 6.21. The van der Waals surface area contributed by atoms with E-state index in [4.69, 9.17) is 5.73 Å². The lowest BCUT2D eigenvalue weighted by Crippen LogP contribution is -2.31. The Kier molecular flexibility index (Phi) is 4.71. The lowest BCUT2D eigenvalue weighted by atomic mass is 10.2. The number of nitrogens with two attached hydrogens (primary N) is 1. The number of carbonyl (C=O) groups is 1. The molecule has 0 bridgehead atoms. The van der Waals surface area contributed by atoms with Crippen molar-refractivity contribution < 1.29 is 4.79 Å². The quantitative estimate of drug-likeness (QED) is 0.784. The van der Waals surface area contributed by atoms with E-state index < -0.39 is 0 Å². The first-order valence-corrected chi connectivity index (χ1v) is 5.92. The Labute approximate surface area is 93.9 Å². The van der Waals surface area contributed by atoms with Gasteiger partial charge in [0.2, 0.25) is 5.91 Å². The van der Waals surface area contributed by atoms with E-state index >= 15 is 0 Å². The molecule has 0 radical (unpaired) electrons. The highest BCUT2D eigenvalue weighted by molar-refractivity contribution is 7.09. The standard InChI is InChI=1S/C10H17N3OS/c1-7(2)10-13-8(6-15-10)3-4-12-9(14)5-11/h6-7H,3-5,11H2,1-2H3,(H,12,14). The first-order valence-electron chi connectivity index (χ1n) is 5.04. The Balaban J connectivity index is 2.34. The molecule has 1 amide bonds. The fourth-order valence-corrected chi connectivity index (χ4v) is 1.97. The molecule has 5 heteroatoms. The van der Waals surface area contributed by atoms with Crippen LogP contribution in [0.5, 0.6) is 0 Å². The highest BCUT2D eigenvalue weighted by Gasteiger charge is 2.05. The van der Waals surface area contributed by atoms with Crippen LogP contribution < -0.4 is 11.1 Å². The van der Waals surface area contributed by atoms with Crippen LogP contribution in [0.4, 0.5) is 0 Å². The molecule has 0 fully saturated rings. The number of amides is 1. The van der Waals surface area contributed by atoms with Gasteiger partial charge in [-0.15, -0.1) is 11.3 Å². The van der Waals surface area contributed by atoms with Crippen molar-refractivity contribution in [1.82, 2.24) is 10.3 Å². The summed E-state index contributed by atoms with van der Waals surface area (Å²) in [7, 11) is 0. The summed E-state index contributed by atoms with van der Waals surface area (Å²) in [5, 5.41) is 5.91. The Hall–Kier alpha value is -0.940. The van der Waals surface area contributed by atoms with E-state index in [0.29, 0.717) is 12.5 Å². The minimum Gasteiger partial charge on any atom is -0.355 e. The van der Waals surface area contributed by atoms with Crippen LogP contribution in [0.25, 0.3) is 0 Å². The van der Waals surface area contributed by atoms with Gasteiger partial charge in [-0.3, -0.25) is 4.79 Å². The normalized spacial score (nSPS) is 10.7. The number of nitrogens with one attached hydrogen (secondary N) is 1. The maximum Gasteiger partial charge on any atom is 0.233 e. The molecule has 3 N–H and O–H groups in total. The molecule has 0 atom stereocenters. The summed E-state index contributed by atoms with van der Waals surface area (Å²) in [4.78, 5) is 15.3. The molecule has 15 heavy (non-hydrogen) atoms. The van der Waals surface area contributed by atoms with Gasteiger partial charge < -0.3 is 11.1 Å². The van der Waals surface area contributed by atoms with E-state index in [2.05, 4.69) is 24.1 Å². The Morgan fingerprint density at radius 3 is 2.93 bits per heavy atom. The number of hydrogen-bond donors (Lipinski definition) is 2. The second kappa shape index (κ2) is 5.82. The van der Waals surface area contributed by atoms with Crippen molar-refractivity contribution in [3.8, 4) is 0 Å². The molecule has 1 rings (SSSR count). The summed E-state index contributed by atoms with van der Waals surface area (Å²) < 4.78 is 0. The van der Waals surface area contributed by atoms with Crippen molar-refractivity contribution in [1.29, 1.82) is 0 Å². The molecule has 0 unspecified atom stereocenters. The molecule has 0 saturated heterocycles. The van der Waals surface area contributed by atoms with Crippen molar-refractivity contribution in [3.63, 3.8) is 0 Å². The molecule has 4 nitrogen and oxygen atoms in total. The van der Waals surface area contributed by atoms with E-state index in [0.717, 1.165) is 17.1 Å². The smallest absolute Gasteiger partial charge is 0.233 e. The van der Waals surface area contributed by atoms with Crippen LogP contribution in [-0.2, 0) is 11.2 Å². The fraction of sp³-hybridized carbons (Fsp3) is 0.600. The van der Waals surface area contributed by atoms with E-state index in [1.807, 2.05) is 5.38 Å². The molecule has 84 valence electrons. The number of rotatable bonds is 5. The monoisotopic (exact) mass is 227 g/mol. The zero-order valence-corrected chi connectivity index (χ0v) is 9.93. The van der Waals surface area contributed by atoms with Gasteiger partial charge in [-0.25, -0.2) is 4.98 Å². The largest absolute Gasteiger partial charge is 0.355 e. The summed E-state index contributed by atoms with van der Waals surface area (Å²) >= 11 is 1.67. The maximum absolute atomic E-state index is 10.9. The van der Waals surface area contributed by atoms with Gasteiger partial charge in [0.05, 0.1) is 17.2 Å². The zero-order chi connectivity index (χ0) is 11.3. The van der Waals surface area contributed by atoms with Crippen LogP contribution in [0.2, 0.25) is 0 Å². The van der Waals surface area contributed by atoms with Crippen molar-refractivity contribution >= 4 is 17.2 Å². The van der Waals surface area contributed by atoms with E-state index in [1.54, 1.807) is 11.3 Å². The van der Waals surface area contributed by atoms with Gasteiger partial charge in [0.25, 0.3) is 0 Å². The van der Waals surface area contributed by atoms with Gasteiger partial charge in [-0.05, 0) is 0 Å². The first kappa shape index (κ1) is 12.1. The SMILES string of the molecule is CC(C)c1nc(CCNC(=O)CN)cs1. The molecule has 0 saturated carbocycles. The molecule has 0 aliphatic rings. The Morgan fingerprint density at radius 1 is 1.67 bits per heavy atom. The second-order valence-electron chi connectivity index (χ2n) is 3.64. The third-order valence-corrected chi connectivity index (χ3v) is 3.15. The van der Waals surface area contributed by atoms with Crippen LogP contribution in [0.3, 0.4) is 0 Å². The summed E-state index contributed by atoms with van der Waals surface area (Å²) in [6, 6.07) is 0. The number of aromatic nitrogens is 1. The second-order valence-corrected chi connectivity index (χ2v) is 4.53. The van der Waals surface area contributed by atoms with Crippen molar-refractivity contribution in [2.24, 2.45) is 5.73 Å². The minimum absolute atomic E-state index is 0.0499. The average Bonchev–Trinajstić information content (AvgIpc) is 2.66. The zero-order valence-electron chi connectivity index (χ0n) is 9.12. The number of hydrogen-bond acceptors (Lipinski definition) is 4. The topological polar surface area (TPSA) is 68.0 Å². The van der Waals surface area contributed by atoms with E-state index in [-0.39, 0.29) is 12.5 Å². The van der Waals surface area contributed by atoms with Gasteiger partial charge in [-0.2, -0.15) is 0 Å². The first-order chi connectivity index (χ1) is 7.13. The van der Waals surface area contributed by atoms with Crippen LogP contribution in [0.1, 0.15) is 30.5 Å². The highest BCUT2D eigenvalue weighted by atomic mass is 32.1. The van der Waals surface area contributed by atoms with E-state index in [9.17, 15) is 4.79 Å².